The molecular weight excluding hydrogens is 242 g/mol. The van der Waals surface area contributed by atoms with Crippen molar-refractivity contribution in [2.24, 2.45) is 5.73 Å². The summed E-state index contributed by atoms with van der Waals surface area (Å²) in [6, 6.07) is 8.06. The summed E-state index contributed by atoms with van der Waals surface area (Å²) < 4.78 is 1.52. The van der Waals surface area contributed by atoms with E-state index in [2.05, 4.69) is 21.1 Å². The van der Waals surface area contributed by atoms with Crippen LogP contribution in [0.2, 0.25) is 0 Å². The lowest BCUT2D eigenvalue weighted by Gasteiger charge is -1.95. The number of pyridine rings is 2. The van der Waals surface area contributed by atoms with Crippen LogP contribution in [0.15, 0.2) is 30.6 Å². The minimum atomic E-state index is -0.574. The lowest BCUT2D eigenvalue weighted by atomic mass is 10.2. The molecule has 0 saturated heterocycles. The van der Waals surface area contributed by atoms with Gasteiger partial charge in [0, 0.05) is 29.7 Å². The third-order valence-electron chi connectivity index (χ3n) is 2.70. The number of nitrogens with zero attached hydrogens (tertiary/aromatic N) is 4. The van der Waals surface area contributed by atoms with Gasteiger partial charge in [0.05, 0.1) is 5.56 Å². The van der Waals surface area contributed by atoms with Crippen molar-refractivity contribution in [2.45, 2.75) is 6.92 Å². The molecule has 0 aliphatic heterocycles. The van der Waals surface area contributed by atoms with Crippen LogP contribution in [0.3, 0.4) is 0 Å². The number of aromatic nitrogens is 4. The molecule has 6 heteroatoms. The fourth-order valence-electron chi connectivity index (χ4n) is 1.84. The third kappa shape index (κ3) is 1.93. The number of carbonyl (C=O) groups excluding carboxylic acids is 1. The van der Waals surface area contributed by atoms with Crippen LogP contribution >= 0.6 is 0 Å². The first-order valence-electron chi connectivity index (χ1n) is 5.65. The third-order valence-corrected chi connectivity index (χ3v) is 2.70. The second-order valence-electron chi connectivity index (χ2n) is 4.09. The molecule has 2 N–H and O–H groups in total. The zero-order chi connectivity index (χ0) is 13.4. The van der Waals surface area contributed by atoms with E-state index in [-0.39, 0.29) is 5.56 Å². The molecule has 1 radical (unpaired) electrons. The molecule has 93 valence electrons. The maximum Gasteiger partial charge on any atom is 0.253 e. The maximum absolute atomic E-state index is 11.3. The van der Waals surface area contributed by atoms with Gasteiger partial charge in [-0.05, 0) is 25.1 Å². The summed E-state index contributed by atoms with van der Waals surface area (Å²) in [5.74, 6) is -0.0527. The monoisotopic (exact) mass is 252 g/mol. The Hall–Kier alpha value is -2.76. The standard InChI is InChI=1S/C13H10N5O/c1-8-7-9(4-5-15-8)12-16-13-10(11(14)19)3-2-6-18(13)17-12/h2,4-7H,1H3,(H2,14,19). The summed E-state index contributed by atoms with van der Waals surface area (Å²) in [6.07, 6.45) is 3.36. The Balaban J connectivity index is 2.22. The van der Waals surface area contributed by atoms with E-state index in [1.165, 1.54) is 4.52 Å². The zero-order valence-electron chi connectivity index (χ0n) is 10.2. The van der Waals surface area contributed by atoms with Crippen molar-refractivity contribution in [1.82, 2.24) is 19.6 Å². The lowest BCUT2D eigenvalue weighted by Crippen LogP contribution is -2.12. The Morgan fingerprint density at radius 3 is 3.05 bits per heavy atom. The maximum atomic E-state index is 11.3. The second-order valence-corrected chi connectivity index (χ2v) is 4.09. The fraction of sp³-hybridized carbons (Fsp3) is 0.0769. The number of amides is 1. The number of hydrogen-bond donors (Lipinski definition) is 1. The number of primary amides is 1. The molecule has 1 amide bonds. The van der Waals surface area contributed by atoms with Crippen molar-refractivity contribution in [2.75, 3.05) is 0 Å². The van der Waals surface area contributed by atoms with Gasteiger partial charge in [0.15, 0.2) is 11.5 Å². The molecule has 3 rings (SSSR count). The van der Waals surface area contributed by atoms with E-state index in [0.29, 0.717) is 11.5 Å². The molecule has 3 aromatic heterocycles. The highest BCUT2D eigenvalue weighted by atomic mass is 16.1. The van der Waals surface area contributed by atoms with Crippen LogP contribution in [0.5, 0.6) is 0 Å². The normalized spacial score (nSPS) is 10.8. The number of hydrogen-bond acceptors (Lipinski definition) is 4. The van der Waals surface area contributed by atoms with Crippen LogP contribution in [0.1, 0.15) is 16.1 Å². The van der Waals surface area contributed by atoms with Crippen LogP contribution < -0.4 is 5.73 Å². The van der Waals surface area contributed by atoms with Crippen molar-refractivity contribution >= 4 is 11.6 Å². The van der Waals surface area contributed by atoms with Crippen molar-refractivity contribution in [3.05, 3.63) is 47.9 Å². The first kappa shape index (κ1) is 11.3. The molecule has 0 aliphatic carbocycles. The Morgan fingerprint density at radius 2 is 2.32 bits per heavy atom. The van der Waals surface area contributed by atoms with Crippen LogP contribution in [-0.4, -0.2) is 25.5 Å². The highest BCUT2D eigenvalue weighted by Crippen LogP contribution is 2.17. The molecule has 0 atom stereocenters. The van der Waals surface area contributed by atoms with E-state index in [1.54, 1.807) is 18.5 Å². The molecule has 19 heavy (non-hydrogen) atoms. The summed E-state index contributed by atoms with van der Waals surface area (Å²) in [7, 11) is 0. The van der Waals surface area contributed by atoms with Crippen LogP contribution in [-0.2, 0) is 0 Å². The molecule has 3 heterocycles. The molecule has 0 saturated carbocycles. The van der Waals surface area contributed by atoms with Gasteiger partial charge >= 0.3 is 0 Å². The fourth-order valence-corrected chi connectivity index (χ4v) is 1.84. The molecule has 0 spiro atoms. The number of nitrogens with two attached hydrogens (primary N) is 1. The van der Waals surface area contributed by atoms with Crippen molar-refractivity contribution in [1.29, 1.82) is 0 Å². The summed E-state index contributed by atoms with van der Waals surface area (Å²) >= 11 is 0. The van der Waals surface area contributed by atoms with E-state index in [0.717, 1.165) is 11.3 Å². The zero-order valence-corrected chi connectivity index (χ0v) is 10.2. The second kappa shape index (κ2) is 4.16. The largest absolute Gasteiger partial charge is 0.365 e. The minimum absolute atomic E-state index is 0.229. The van der Waals surface area contributed by atoms with Crippen LogP contribution in [0.4, 0.5) is 0 Å². The van der Waals surface area contributed by atoms with Gasteiger partial charge in [-0.1, -0.05) is 0 Å². The van der Waals surface area contributed by atoms with Gasteiger partial charge in [-0.2, -0.15) is 0 Å². The topological polar surface area (TPSA) is 86.2 Å². The number of rotatable bonds is 2. The van der Waals surface area contributed by atoms with Gasteiger partial charge in [-0.15, -0.1) is 5.10 Å². The van der Waals surface area contributed by atoms with E-state index < -0.39 is 5.91 Å². The molecule has 0 aromatic carbocycles. The first-order chi connectivity index (χ1) is 9.15. The molecule has 6 nitrogen and oxygen atoms in total. The van der Waals surface area contributed by atoms with Gasteiger partial charge in [0.1, 0.15) is 0 Å². The Labute approximate surface area is 108 Å². The Bertz CT molecular complexity index is 778. The lowest BCUT2D eigenvalue weighted by molar-refractivity contribution is 0.100. The van der Waals surface area contributed by atoms with Crippen LogP contribution in [0.25, 0.3) is 17.0 Å². The Morgan fingerprint density at radius 1 is 1.47 bits per heavy atom. The van der Waals surface area contributed by atoms with E-state index in [9.17, 15) is 4.79 Å². The highest BCUT2D eigenvalue weighted by molar-refractivity contribution is 5.98. The summed E-state index contributed by atoms with van der Waals surface area (Å²) in [5, 5.41) is 4.32. The smallest absolute Gasteiger partial charge is 0.253 e. The van der Waals surface area contributed by atoms with E-state index >= 15 is 0 Å². The minimum Gasteiger partial charge on any atom is -0.365 e. The quantitative estimate of drug-likeness (QED) is 0.737. The van der Waals surface area contributed by atoms with Gasteiger partial charge in [-0.3, -0.25) is 9.78 Å². The predicted octanol–water partition coefficient (Wildman–Crippen LogP) is 0.999. The summed E-state index contributed by atoms with van der Waals surface area (Å²) in [6.45, 7) is 1.89. The molecule has 0 unspecified atom stereocenters. The first-order valence-corrected chi connectivity index (χ1v) is 5.65. The number of carbonyl (C=O) groups is 1. The molecule has 0 bridgehead atoms. The summed E-state index contributed by atoms with van der Waals surface area (Å²) in [4.78, 5) is 19.8. The molecule has 0 aliphatic rings. The number of fused-ring (bicyclic) bond motifs is 1. The SMILES string of the molecule is Cc1cc(-c2nc3c(C(N)=O)[c]ccn3n2)ccn1. The average Bonchev–Trinajstić information content (AvgIpc) is 2.82. The average molecular weight is 252 g/mol. The van der Waals surface area contributed by atoms with Gasteiger partial charge < -0.3 is 5.73 Å². The van der Waals surface area contributed by atoms with Gasteiger partial charge in [0.2, 0.25) is 0 Å². The van der Waals surface area contributed by atoms with Crippen molar-refractivity contribution in [3.63, 3.8) is 0 Å². The van der Waals surface area contributed by atoms with Crippen LogP contribution in [0, 0.1) is 13.0 Å². The summed E-state index contributed by atoms with van der Waals surface area (Å²) in [5.41, 5.74) is 7.63. The van der Waals surface area contributed by atoms with Crippen molar-refractivity contribution < 1.29 is 4.79 Å². The molecular formula is C13H10N5O. The highest BCUT2D eigenvalue weighted by Gasteiger charge is 2.13. The van der Waals surface area contributed by atoms with E-state index in [4.69, 9.17) is 5.73 Å². The van der Waals surface area contributed by atoms with Crippen molar-refractivity contribution in [3.8, 4) is 11.4 Å². The van der Waals surface area contributed by atoms with Gasteiger partial charge in [0.25, 0.3) is 5.91 Å². The molecule has 0 fully saturated rings. The molecule has 3 aromatic rings. The predicted molar refractivity (Wildman–Crippen MR) is 68.3 cm³/mol. The van der Waals surface area contributed by atoms with Gasteiger partial charge in [-0.25, -0.2) is 9.50 Å². The Kier molecular flexibility index (Phi) is 2.49. The number of aryl methyl sites for hydroxylation is 1. The van der Waals surface area contributed by atoms with E-state index in [1.807, 2.05) is 19.1 Å².